The van der Waals surface area contributed by atoms with Crippen molar-refractivity contribution in [2.24, 2.45) is 5.92 Å². The number of ether oxygens (including phenoxy) is 1. The minimum absolute atomic E-state index is 0.189. The number of carbonyl (C=O) groups is 1. The average Bonchev–Trinajstić information content (AvgIpc) is 2.11. The summed E-state index contributed by atoms with van der Waals surface area (Å²) in [5.74, 6) is 0.402. The first-order chi connectivity index (χ1) is 6.75. The highest BCUT2D eigenvalue weighted by molar-refractivity contribution is 5.79. The Bertz CT molecular complexity index is 216. The third-order valence-corrected chi connectivity index (χ3v) is 2.98. The molecule has 0 aliphatic carbocycles. The summed E-state index contributed by atoms with van der Waals surface area (Å²) in [6, 6.07) is 0.273. The third kappa shape index (κ3) is 2.25. The van der Waals surface area contributed by atoms with E-state index in [1.807, 2.05) is 0 Å². The quantitative estimate of drug-likeness (QED) is 0.670. The lowest BCUT2D eigenvalue weighted by Crippen LogP contribution is -2.52. The summed E-state index contributed by atoms with van der Waals surface area (Å²) in [5.41, 5.74) is 0. The zero-order valence-corrected chi connectivity index (χ0v) is 8.66. The highest BCUT2D eigenvalue weighted by Gasteiger charge is 2.27. The first-order valence-corrected chi connectivity index (χ1v) is 5.32. The normalized spacial score (nSPS) is 29.6. The van der Waals surface area contributed by atoms with Crippen LogP contribution in [-0.4, -0.2) is 50.2 Å². The lowest BCUT2D eigenvalue weighted by atomic mass is 9.97. The van der Waals surface area contributed by atoms with Gasteiger partial charge in [0.25, 0.3) is 0 Å². The third-order valence-electron chi connectivity index (χ3n) is 2.98. The number of amides is 1. The number of carbonyl (C=O) groups excluding carboxylic acids is 1. The van der Waals surface area contributed by atoms with Gasteiger partial charge in [-0.05, 0) is 26.4 Å². The monoisotopic (exact) mass is 198 g/mol. The molecule has 0 spiro atoms. The maximum Gasteiger partial charge on any atom is 0.224 e. The van der Waals surface area contributed by atoms with E-state index in [4.69, 9.17) is 4.74 Å². The van der Waals surface area contributed by atoms with Crippen molar-refractivity contribution in [2.75, 3.05) is 33.4 Å². The summed E-state index contributed by atoms with van der Waals surface area (Å²) in [7, 11) is 2.08. The van der Waals surface area contributed by atoms with Gasteiger partial charge in [0.15, 0.2) is 0 Å². The van der Waals surface area contributed by atoms with Crippen molar-refractivity contribution in [1.29, 1.82) is 0 Å². The predicted molar refractivity (Wildman–Crippen MR) is 53.0 cm³/mol. The minimum Gasteiger partial charge on any atom is -0.377 e. The fourth-order valence-corrected chi connectivity index (χ4v) is 2.02. The van der Waals surface area contributed by atoms with Crippen LogP contribution in [-0.2, 0) is 9.53 Å². The molecule has 2 fully saturated rings. The molecule has 0 aromatic carbocycles. The van der Waals surface area contributed by atoms with Crippen molar-refractivity contribution < 1.29 is 9.53 Å². The van der Waals surface area contributed by atoms with Crippen molar-refractivity contribution in [3.8, 4) is 0 Å². The van der Waals surface area contributed by atoms with E-state index in [-0.39, 0.29) is 17.9 Å². The van der Waals surface area contributed by atoms with Crippen LogP contribution in [0.15, 0.2) is 0 Å². The van der Waals surface area contributed by atoms with E-state index in [1.165, 1.54) is 0 Å². The summed E-state index contributed by atoms with van der Waals surface area (Å²) in [6.45, 7) is 3.40. The van der Waals surface area contributed by atoms with Gasteiger partial charge in [-0.2, -0.15) is 0 Å². The molecule has 0 aromatic rings. The summed E-state index contributed by atoms with van der Waals surface area (Å²) >= 11 is 0. The van der Waals surface area contributed by atoms with Crippen LogP contribution in [0.3, 0.4) is 0 Å². The summed E-state index contributed by atoms with van der Waals surface area (Å²) < 4.78 is 5.02. The van der Waals surface area contributed by atoms with E-state index in [2.05, 4.69) is 17.3 Å². The zero-order chi connectivity index (χ0) is 9.97. The van der Waals surface area contributed by atoms with Crippen molar-refractivity contribution >= 4 is 5.91 Å². The molecule has 2 heterocycles. The first kappa shape index (κ1) is 9.93. The summed E-state index contributed by atoms with van der Waals surface area (Å²) in [6.07, 6.45) is 2.17. The molecule has 2 aliphatic rings. The molecular formula is C10H18N2O2. The summed E-state index contributed by atoms with van der Waals surface area (Å²) in [5, 5.41) is 3.02. The fourth-order valence-electron chi connectivity index (χ4n) is 2.02. The molecule has 1 N–H and O–H groups in total. The van der Waals surface area contributed by atoms with E-state index in [0.29, 0.717) is 13.2 Å². The van der Waals surface area contributed by atoms with E-state index >= 15 is 0 Å². The molecule has 0 bridgehead atoms. The molecule has 4 heteroatoms. The van der Waals surface area contributed by atoms with Gasteiger partial charge in [-0.3, -0.25) is 4.79 Å². The number of piperidine rings is 1. The molecule has 0 aromatic heterocycles. The SMILES string of the molecule is CN1CCCC(C(=O)NC2COC2)C1. The molecule has 0 radical (unpaired) electrons. The zero-order valence-electron chi connectivity index (χ0n) is 8.66. The Labute approximate surface area is 84.6 Å². The van der Waals surface area contributed by atoms with Crippen molar-refractivity contribution in [1.82, 2.24) is 10.2 Å². The second-order valence-electron chi connectivity index (χ2n) is 4.34. The molecule has 14 heavy (non-hydrogen) atoms. The largest absolute Gasteiger partial charge is 0.377 e. The molecule has 1 amide bonds. The van der Waals surface area contributed by atoms with Gasteiger partial charge >= 0.3 is 0 Å². The molecule has 1 atom stereocenters. The Morgan fingerprint density at radius 3 is 2.86 bits per heavy atom. The van der Waals surface area contributed by atoms with Gasteiger partial charge in [0.2, 0.25) is 5.91 Å². The maximum absolute atomic E-state index is 11.8. The van der Waals surface area contributed by atoms with Crippen LogP contribution >= 0.6 is 0 Å². The average molecular weight is 198 g/mol. The number of nitrogens with zero attached hydrogens (tertiary/aromatic N) is 1. The van der Waals surface area contributed by atoms with E-state index in [1.54, 1.807) is 0 Å². The van der Waals surface area contributed by atoms with E-state index < -0.39 is 0 Å². The lowest BCUT2D eigenvalue weighted by molar-refractivity contribution is -0.130. The lowest BCUT2D eigenvalue weighted by Gasteiger charge is -2.32. The Morgan fingerprint density at radius 2 is 2.29 bits per heavy atom. The molecule has 1 unspecified atom stereocenters. The Morgan fingerprint density at radius 1 is 1.50 bits per heavy atom. The molecule has 80 valence electrons. The van der Waals surface area contributed by atoms with Gasteiger partial charge in [-0.15, -0.1) is 0 Å². The number of rotatable bonds is 2. The van der Waals surface area contributed by atoms with Gasteiger partial charge < -0.3 is 15.0 Å². The van der Waals surface area contributed by atoms with Crippen LogP contribution < -0.4 is 5.32 Å². The fraction of sp³-hybridized carbons (Fsp3) is 0.900. The highest BCUT2D eigenvalue weighted by atomic mass is 16.5. The number of nitrogens with one attached hydrogen (secondary N) is 1. The number of hydrogen-bond acceptors (Lipinski definition) is 3. The Kier molecular flexibility index (Phi) is 3.03. The second-order valence-corrected chi connectivity index (χ2v) is 4.34. The number of likely N-dealkylation sites (tertiary alicyclic amines) is 1. The Balaban J connectivity index is 1.77. The molecule has 2 rings (SSSR count). The Hall–Kier alpha value is -0.610. The first-order valence-electron chi connectivity index (χ1n) is 5.32. The topological polar surface area (TPSA) is 41.6 Å². The van der Waals surface area contributed by atoms with Crippen LogP contribution in [0.2, 0.25) is 0 Å². The van der Waals surface area contributed by atoms with Crippen LogP contribution in [0.4, 0.5) is 0 Å². The predicted octanol–water partition coefficient (Wildman–Crippen LogP) is -0.157. The minimum atomic E-state index is 0.189. The van der Waals surface area contributed by atoms with Crippen LogP contribution in [0.25, 0.3) is 0 Å². The molecule has 4 nitrogen and oxygen atoms in total. The molecule has 0 saturated carbocycles. The summed E-state index contributed by atoms with van der Waals surface area (Å²) in [4.78, 5) is 14.0. The molecular weight excluding hydrogens is 180 g/mol. The highest BCUT2D eigenvalue weighted by Crippen LogP contribution is 2.15. The van der Waals surface area contributed by atoms with Crippen molar-refractivity contribution in [3.63, 3.8) is 0 Å². The van der Waals surface area contributed by atoms with Gasteiger partial charge in [-0.25, -0.2) is 0 Å². The van der Waals surface area contributed by atoms with Crippen molar-refractivity contribution in [3.05, 3.63) is 0 Å². The van der Waals surface area contributed by atoms with Crippen LogP contribution in [0.1, 0.15) is 12.8 Å². The van der Waals surface area contributed by atoms with E-state index in [0.717, 1.165) is 25.9 Å². The standard InChI is InChI=1S/C10H18N2O2/c1-12-4-2-3-8(5-12)10(13)11-9-6-14-7-9/h8-9H,2-7H2,1H3,(H,11,13). The van der Waals surface area contributed by atoms with Crippen LogP contribution in [0, 0.1) is 5.92 Å². The van der Waals surface area contributed by atoms with Crippen LogP contribution in [0.5, 0.6) is 0 Å². The second kappa shape index (κ2) is 4.28. The number of hydrogen-bond donors (Lipinski definition) is 1. The van der Waals surface area contributed by atoms with Crippen molar-refractivity contribution in [2.45, 2.75) is 18.9 Å². The maximum atomic E-state index is 11.8. The van der Waals surface area contributed by atoms with Gasteiger partial charge in [-0.1, -0.05) is 0 Å². The van der Waals surface area contributed by atoms with Gasteiger partial charge in [0.1, 0.15) is 0 Å². The van der Waals surface area contributed by atoms with E-state index in [9.17, 15) is 4.79 Å². The van der Waals surface area contributed by atoms with Gasteiger partial charge in [0, 0.05) is 6.54 Å². The smallest absolute Gasteiger partial charge is 0.224 e. The van der Waals surface area contributed by atoms with Gasteiger partial charge in [0.05, 0.1) is 25.2 Å². The molecule has 2 aliphatic heterocycles. The molecule has 2 saturated heterocycles.